The Morgan fingerprint density at radius 2 is 1.77 bits per heavy atom. The van der Waals surface area contributed by atoms with E-state index in [0.717, 1.165) is 11.3 Å². The maximum atomic E-state index is 12.2. The lowest BCUT2D eigenvalue weighted by atomic mass is 10.1. The highest BCUT2D eigenvalue weighted by Crippen LogP contribution is 2.26. The van der Waals surface area contributed by atoms with Crippen LogP contribution in [0.3, 0.4) is 0 Å². The Balaban J connectivity index is 1.57. The van der Waals surface area contributed by atoms with E-state index in [1.54, 1.807) is 29.2 Å². The van der Waals surface area contributed by atoms with Gasteiger partial charge in [0.15, 0.2) is 12.4 Å². The Labute approximate surface area is 156 Å². The lowest BCUT2D eigenvalue weighted by Gasteiger charge is -2.16. The van der Waals surface area contributed by atoms with Gasteiger partial charge in [-0.3, -0.25) is 14.4 Å². The molecule has 1 fully saturated rings. The van der Waals surface area contributed by atoms with Crippen LogP contribution in [0.5, 0.6) is 0 Å². The molecule has 1 amide bonds. The molecule has 3 rings (SSSR count). The van der Waals surface area contributed by atoms with Crippen LogP contribution in [-0.4, -0.2) is 30.8 Å². The standard InChI is InChI=1S/C20H18ClNO4/c1-13-2-8-17(9-3-13)22-11-15(10-19(22)24)20(25)26-12-18(23)14-4-6-16(21)7-5-14/h2-9,15H,10-12H2,1H3. The van der Waals surface area contributed by atoms with E-state index in [-0.39, 0.29) is 31.3 Å². The number of aryl methyl sites for hydroxylation is 1. The third kappa shape index (κ3) is 4.11. The Hall–Kier alpha value is -2.66. The number of carbonyl (C=O) groups excluding carboxylic acids is 3. The van der Waals surface area contributed by atoms with Gasteiger partial charge in [0.2, 0.25) is 5.91 Å². The first kappa shape index (κ1) is 18.1. The summed E-state index contributed by atoms with van der Waals surface area (Å²) in [5.41, 5.74) is 2.27. The SMILES string of the molecule is Cc1ccc(N2CC(C(=O)OCC(=O)c3ccc(Cl)cc3)CC2=O)cc1. The molecule has 0 saturated carbocycles. The average Bonchev–Trinajstić information content (AvgIpc) is 3.02. The third-order valence-electron chi connectivity index (χ3n) is 4.32. The fourth-order valence-corrected chi connectivity index (χ4v) is 2.94. The number of carbonyl (C=O) groups is 3. The molecule has 0 spiro atoms. The van der Waals surface area contributed by atoms with Crippen molar-refractivity contribution in [2.24, 2.45) is 5.92 Å². The van der Waals surface area contributed by atoms with Gasteiger partial charge in [0.05, 0.1) is 5.92 Å². The molecule has 1 aliphatic heterocycles. The molecule has 26 heavy (non-hydrogen) atoms. The average molecular weight is 372 g/mol. The number of ether oxygens (including phenoxy) is 1. The van der Waals surface area contributed by atoms with Crippen LogP contribution in [0, 0.1) is 12.8 Å². The smallest absolute Gasteiger partial charge is 0.311 e. The summed E-state index contributed by atoms with van der Waals surface area (Å²) in [6.07, 6.45) is 0.0852. The highest BCUT2D eigenvalue weighted by atomic mass is 35.5. The number of rotatable bonds is 5. The number of amides is 1. The van der Waals surface area contributed by atoms with Crippen molar-refractivity contribution < 1.29 is 19.1 Å². The number of benzene rings is 2. The second kappa shape index (κ2) is 7.70. The van der Waals surface area contributed by atoms with E-state index >= 15 is 0 Å². The van der Waals surface area contributed by atoms with E-state index in [9.17, 15) is 14.4 Å². The molecule has 1 saturated heterocycles. The quantitative estimate of drug-likeness (QED) is 0.596. The third-order valence-corrected chi connectivity index (χ3v) is 4.57. The lowest BCUT2D eigenvalue weighted by molar-refractivity contribution is -0.147. The molecule has 2 aromatic carbocycles. The van der Waals surface area contributed by atoms with Gasteiger partial charge in [-0.25, -0.2) is 0 Å². The molecule has 0 N–H and O–H groups in total. The van der Waals surface area contributed by atoms with Gasteiger partial charge in [-0.15, -0.1) is 0 Å². The molecule has 0 radical (unpaired) electrons. The number of Topliss-reactive ketones (excluding diaryl/α,β-unsaturated/α-hetero) is 1. The summed E-state index contributed by atoms with van der Waals surface area (Å²) in [6, 6.07) is 13.9. The van der Waals surface area contributed by atoms with E-state index in [0.29, 0.717) is 10.6 Å². The number of anilines is 1. The van der Waals surface area contributed by atoms with Crippen LogP contribution in [0.15, 0.2) is 48.5 Å². The van der Waals surface area contributed by atoms with E-state index < -0.39 is 11.9 Å². The van der Waals surface area contributed by atoms with Crippen molar-refractivity contribution in [1.29, 1.82) is 0 Å². The van der Waals surface area contributed by atoms with Crippen molar-refractivity contribution in [3.05, 3.63) is 64.7 Å². The van der Waals surface area contributed by atoms with Gasteiger partial charge in [0.25, 0.3) is 0 Å². The number of ketones is 1. The minimum Gasteiger partial charge on any atom is -0.457 e. The monoisotopic (exact) mass is 371 g/mol. The summed E-state index contributed by atoms with van der Waals surface area (Å²) >= 11 is 5.78. The topological polar surface area (TPSA) is 63.7 Å². The van der Waals surface area contributed by atoms with Crippen LogP contribution in [0.1, 0.15) is 22.3 Å². The predicted octanol–water partition coefficient (Wildman–Crippen LogP) is 3.43. The molecule has 5 nitrogen and oxygen atoms in total. The maximum Gasteiger partial charge on any atom is 0.311 e. The summed E-state index contributed by atoms with van der Waals surface area (Å²) < 4.78 is 5.12. The highest BCUT2D eigenvalue weighted by molar-refractivity contribution is 6.30. The van der Waals surface area contributed by atoms with Crippen molar-refractivity contribution in [2.75, 3.05) is 18.1 Å². The van der Waals surface area contributed by atoms with Crippen LogP contribution >= 0.6 is 11.6 Å². The van der Waals surface area contributed by atoms with Crippen LogP contribution in [0.25, 0.3) is 0 Å². The van der Waals surface area contributed by atoms with Crippen LogP contribution in [0.4, 0.5) is 5.69 Å². The second-order valence-electron chi connectivity index (χ2n) is 6.28. The molecular formula is C20H18ClNO4. The van der Waals surface area contributed by atoms with Crippen LogP contribution < -0.4 is 4.90 Å². The van der Waals surface area contributed by atoms with Crippen LogP contribution in [0.2, 0.25) is 5.02 Å². The number of hydrogen-bond donors (Lipinski definition) is 0. The van der Waals surface area contributed by atoms with Crippen molar-refractivity contribution >= 4 is 34.9 Å². The molecule has 0 aromatic heterocycles. The summed E-state index contributed by atoms with van der Waals surface area (Å²) in [5, 5.41) is 0.527. The zero-order chi connectivity index (χ0) is 18.7. The van der Waals surface area contributed by atoms with Gasteiger partial charge >= 0.3 is 5.97 Å². The molecule has 0 bridgehead atoms. The van der Waals surface area contributed by atoms with Gasteiger partial charge in [-0.2, -0.15) is 0 Å². The van der Waals surface area contributed by atoms with Crippen LogP contribution in [-0.2, 0) is 14.3 Å². The summed E-state index contributed by atoms with van der Waals surface area (Å²) in [5.74, 6) is -1.54. The van der Waals surface area contributed by atoms with Gasteiger partial charge in [-0.05, 0) is 43.3 Å². The van der Waals surface area contributed by atoms with Crippen molar-refractivity contribution in [3.8, 4) is 0 Å². The fourth-order valence-electron chi connectivity index (χ4n) is 2.81. The number of esters is 1. The van der Waals surface area contributed by atoms with E-state index in [1.165, 1.54) is 0 Å². The summed E-state index contributed by atoms with van der Waals surface area (Å²) in [6.45, 7) is 1.87. The number of halogens is 1. The molecule has 6 heteroatoms. The Morgan fingerprint density at radius 3 is 2.42 bits per heavy atom. The van der Waals surface area contributed by atoms with Gasteiger partial charge in [0, 0.05) is 29.2 Å². The molecular weight excluding hydrogens is 354 g/mol. The molecule has 1 atom stereocenters. The number of hydrogen-bond acceptors (Lipinski definition) is 4. The van der Waals surface area contributed by atoms with E-state index in [4.69, 9.17) is 16.3 Å². The molecule has 1 aliphatic rings. The second-order valence-corrected chi connectivity index (χ2v) is 6.72. The zero-order valence-electron chi connectivity index (χ0n) is 14.3. The molecule has 1 unspecified atom stereocenters. The Morgan fingerprint density at radius 1 is 1.12 bits per heavy atom. The normalized spacial score (nSPS) is 16.6. The zero-order valence-corrected chi connectivity index (χ0v) is 15.0. The Bertz CT molecular complexity index is 830. The fraction of sp³-hybridized carbons (Fsp3) is 0.250. The molecule has 134 valence electrons. The largest absolute Gasteiger partial charge is 0.457 e. The summed E-state index contributed by atoms with van der Waals surface area (Å²) in [4.78, 5) is 38.1. The first-order valence-corrected chi connectivity index (χ1v) is 8.64. The first-order chi connectivity index (χ1) is 12.4. The molecule has 1 heterocycles. The van der Waals surface area contributed by atoms with Crippen molar-refractivity contribution in [3.63, 3.8) is 0 Å². The van der Waals surface area contributed by atoms with Crippen molar-refractivity contribution in [2.45, 2.75) is 13.3 Å². The van der Waals surface area contributed by atoms with E-state index in [2.05, 4.69) is 0 Å². The lowest BCUT2D eigenvalue weighted by Crippen LogP contribution is -2.27. The predicted molar refractivity (Wildman–Crippen MR) is 98.4 cm³/mol. The van der Waals surface area contributed by atoms with Crippen molar-refractivity contribution in [1.82, 2.24) is 0 Å². The minimum absolute atomic E-state index is 0.0852. The minimum atomic E-state index is -0.568. The summed E-state index contributed by atoms with van der Waals surface area (Å²) in [7, 11) is 0. The maximum absolute atomic E-state index is 12.2. The highest BCUT2D eigenvalue weighted by Gasteiger charge is 2.36. The molecule has 0 aliphatic carbocycles. The molecule has 2 aromatic rings. The van der Waals surface area contributed by atoms with Gasteiger partial charge in [-0.1, -0.05) is 29.3 Å². The van der Waals surface area contributed by atoms with Gasteiger partial charge < -0.3 is 9.64 Å². The first-order valence-electron chi connectivity index (χ1n) is 8.26. The van der Waals surface area contributed by atoms with Gasteiger partial charge in [0.1, 0.15) is 0 Å². The Kier molecular flexibility index (Phi) is 5.38. The van der Waals surface area contributed by atoms with E-state index in [1.807, 2.05) is 31.2 Å². The number of nitrogens with zero attached hydrogens (tertiary/aromatic N) is 1.